The molecule has 0 unspecified atom stereocenters. The predicted octanol–water partition coefficient (Wildman–Crippen LogP) is 3.45. The number of piperidine rings is 1. The number of benzene rings is 2. The van der Waals surface area contributed by atoms with Crippen LogP contribution in [0, 0.1) is 11.7 Å². The van der Waals surface area contributed by atoms with Crippen LogP contribution in [-0.4, -0.2) is 43.5 Å². The molecule has 0 spiro atoms. The molecule has 1 fully saturated rings. The van der Waals surface area contributed by atoms with Crippen molar-refractivity contribution < 1.29 is 18.7 Å². The molecule has 0 bridgehead atoms. The smallest absolute Gasteiger partial charge is 0.238 e. The maximum Gasteiger partial charge on any atom is 0.238 e. The molecule has 0 radical (unpaired) electrons. The molecule has 3 rings (SSSR count). The normalized spacial score (nSPS) is 14.9. The third-order valence-electron chi connectivity index (χ3n) is 5.14. The molecule has 2 aromatic rings. The van der Waals surface area contributed by atoms with Gasteiger partial charge in [-0.1, -0.05) is 23.7 Å². The zero-order valence-electron chi connectivity index (χ0n) is 16.8. The zero-order chi connectivity index (χ0) is 21.5. The minimum Gasteiger partial charge on any atom is -0.495 e. The summed E-state index contributed by atoms with van der Waals surface area (Å²) in [4.78, 5) is 26.7. The minimum absolute atomic E-state index is 0.00342. The van der Waals surface area contributed by atoms with Gasteiger partial charge in [-0.05, 0) is 61.8 Å². The maximum atomic E-state index is 12.9. The quantitative estimate of drug-likeness (QED) is 0.701. The Morgan fingerprint density at radius 3 is 2.50 bits per heavy atom. The SMILES string of the molecule is COc1ccc(NC(=O)CN2CCC(C(=O)NCc3ccc(F)cc3)CC2)cc1Cl. The number of methoxy groups -OCH3 is 1. The van der Waals surface area contributed by atoms with Gasteiger partial charge in [0.25, 0.3) is 0 Å². The maximum absolute atomic E-state index is 12.9. The Bertz CT molecular complexity index is 884. The van der Waals surface area contributed by atoms with E-state index in [1.807, 2.05) is 4.90 Å². The Kier molecular flexibility index (Phi) is 7.65. The molecule has 6 nitrogen and oxygen atoms in total. The number of rotatable bonds is 7. The van der Waals surface area contributed by atoms with Crippen LogP contribution < -0.4 is 15.4 Å². The number of carbonyl (C=O) groups is 2. The second kappa shape index (κ2) is 10.4. The molecular weight excluding hydrogens is 409 g/mol. The van der Waals surface area contributed by atoms with E-state index >= 15 is 0 Å². The molecule has 0 aliphatic carbocycles. The summed E-state index contributed by atoms with van der Waals surface area (Å²) < 4.78 is 18.0. The van der Waals surface area contributed by atoms with Crippen LogP contribution in [0.25, 0.3) is 0 Å². The number of hydrogen-bond donors (Lipinski definition) is 2. The van der Waals surface area contributed by atoms with Crippen LogP contribution in [0.5, 0.6) is 5.75 Å². The van der Waals surface area contributed by atoms with Gasteiger partial charge in [0.15, 0.2) is 0 Å². The fraction of sp³-hybridized carbons (Fsp3) is 0.364. The number of nitrogens with zero attached hydrogens (tertiary/aromatic N) is 1. The molecule has 30 heavy (non-hydrogen) atoms. The summed E-state index contributed by atoms with van der Waals surface area (Å²) in [6, 6.07) is 11.2. The van der Waals surface area contributed by atoms with Gasteiger partial charge in [0.05, 0.1) is 18.7 Å². The molecule has 2 aromatic carbocycles. The van der Waals surface area contributed by atoms with Crippen molar-refractivity contribution in [2.75, 3.05) is 32.1 Å². The molecule has 160 valence electrons. The molecule has 0 atom stereocenters. The Morgan fingerprint density at radius 1 is 1.17 bits per heavy atom. The van der Waals surface area contributed by atoms with Gasteiger partial charge in [0.2, 0.25) is 11.8 Å². The Balaban J connectivity index is 1.40. The van der Waals surface area contributed by atoms with E-state index in [1.54, 1.807) is 30.3 Å². The van der Waals surface area contributed by atoms with Gasteiger partial charge in [-0.3, -0.25) is 14.5 Å². The van der Waals surface area contributed by atoms with Crippen LogP contribution in [0.15, 0.2) is 42.5 Å². The van der Waals surface area contributed by atoms with Crippen LogP contribution in [0.1, 0.15) is 18.4 Å². The summed E-state index contributed by atoms with van der Waals surface area (Å²) in [6.45, 7) is 1.98. The van der Waals surface area contributed by atoms with Crippen molar-refractivity contribution in [3.05, 3.63) is 58.9 Å². The van der Waals surface area contributed by atoms with Crippen molar-refractivity contribution in [2.24, 2.45) is 5.92 Å². The lowest BCUT2D eigenvalue weighted by atomic mass is 9.96. The Morgan fingerprint density at radius 2 is 1.87 bits per heavy atom. The monoisotopic (exact) mass is 433 g/mol. The van der Waals surface area contributed by atoms with Crippen molar-refractivity contribution in [1.82, 2.24) is 10.2 Å². The largest absolute Gasteiger partial charge is 0.495 e. The number of nitrogens with one attached hydrogen (secondary N) is 2. The first-order valence-corrected chi connectivity index (χ1v) is 10.2. The third-order valence-corrected chi connectivity index (χ3v) is 5.44. The third kappa shape index (κ3) is 6.18. The van der Waals surface area contributed by atoms with E-state index in [4.69, 9.17) is 16.3 Å². The average Bonchev–Trinajstić information content (AvgIpc) is 2.74. The van der Waals surface area contributed by atoms with Gasteiger partial charge in [-0.2, -0.15) is 0 Å². The fourth-order valence-corrected chi connectivity index (χ4v) is 3.69. The molecule has 1 saturated heterocycles. The highest BCUT2D eigenvalue weighted by atomic mass is 35.5. The van der Waals surface area contributed by atoms with Gasteiger partial charge in [0, 0.05) is 18.2 Å². The molecule has 0 aromatic heterocycles. The number of hydrogen-bond acceptors (Lipinski definition) is 4. The molecule has 2 N–H and O–H groups in total. The standard InChI is InChI=1S/C22H25ClFN3O3/c1-30-20-7-6-18(12-19(20)23)26-21(28)14-27-10-8-16(9-11-27)22(29)25-13-15-2-4-17(24)5-3-15/h2-7,12,16H,8-11,13-14H2,1H3,(H,25,29)(H,26,28). The first kappa shape index (κ1) is 22.1. The highest BCUT2D eigenvalue weighted by molar-refractivity contribution is 6.32. The molecular formula is C22H25ClFN3O3. The fourth-order valence-electron chi connectivity index (χ4n) is 3.44. The summed E-state index contributed by atoms with van der Waals surface area (Å²) in [5, 5.41) is 6.17. The van der Waals surface area contributed by atoms with E-state index in [1.165, 1.54) is 19.2 Å². The van der Waals surface area contributed by atoms with E-state index in [2.05, 4.69) is 10.6 Å². The van der Waals surface area contributed by atoms with E-state index in [0.717, 1.165) is 5.56 Å². The summed E-state index contributed by atoms with van der Waals surface area (Å²) in [7, 11) is 1.53. The van der Waals surface area contributed by atoms with Crippen LogP contribution >= 0.6 is 11.6 Å². The summed E-state index contributed by atoms with van der Waals surface area (Å²) in [5.41, 5.74) is 1.47. The van der Waals surface area contributed by atoms with Gasteiger partial charge in [-0.25, -0.2) is 4.39 Å². The summed E-state index contributed by atoms with van der Waals surface area (Å²) >= 11 is 6.08. The van der Waals surface area contributed by atoms with E-state index < -0.39 is 0 Å². The van der Waals surface area contributed by atoms with E-state index in [0.29, 0.717) is 48.9 Å². The zero-order valence-corrected chi connectivity index (χ0v) is 17.5. The molecule has 1 aliphatic rings. The van der Waals surface area contributed by atoms with Gasteiger partial charge < -0.3 is 15.4 Å². The minimum atomic E-state index is -0.295. The number of halogens is 2. The lowest BCUT2D eigenvalue weighted by Crippen LogP contribution is -2.43. The number of amides is 2. The lowest BCUT2D eigenvalue weighted by Gasteiger charge is -2.30. The van der Waals surface area contributed by atoms with Crippen LogP contribution in [-0.2, 0) is 16.1 Å². The second-order valence-corrected chi connectivity index (χ2v) is 7.70. The predicted molar refractivity (Wildman–Crippen MR) is 114 cm³/mol. The molecule has 0 saturated carbocycles. The van der Waals surface area contributed by atoms with Gasteiger partial charge in [-0.15, -0.1) is 0 Å². The summed E-state index contributed by atoms with van der Waals surface area (Å²) in [5.74, 6) is 0.0444. The first-order valence-electron chi connectivity index (χ1n) is 9.82. The average molecular weight is 434 g/mol. The van der Waals surface area contributed by atoms with Gasteiger partial charge in [0.1, 0.15) is 11.6 Å². The first-order chi connectivity index (χ1) is 14.4. The number of likely N-dealkylation sites (tertiary alicyclic amines) is 1. The van der Waals surface area contributed by atoms with Crippen molar-refractivity contribution in [3.63, 3.8) is 0 Å². The van der Waals surface area contributed by atoms with Crippen LogP contribution in [0.2, 0.25) is 5.02 Å². The summed E-state index contributed by atoms with van der Waals surface area (Å²) in [6.07, 6.45) is 1.38. The van der Waals surface area contributed by atoms with E-state index in [-0.39, 0.29) is 30.1 Å². The Hall–Kier alpha value is -2.64. The number of ether oxygens (including phenoxy) is 1. The van der Waals surface area contributed by atoms with Gasteiger partial charge >= 0.3 is 0 Å². The van der Waals surface area contributed by atoms with Crippen molar-refractivity contribution in [2.45, 2.75) is 19.4 Å². The number of anilines is 1. The molecule has 8 heteroatoms. The van der Waals surface area contributed by atoms with Crippen molar-refractivity contribution >= 4 is 29.1 Å². The molecule has 1 heterocycles. The highest BCUT2D eigenvalue weighted by Crippen LogP contribution is 2.27. The molecule has 2 amide bonds. The Labute approximate surface area is 180 Å². The highest BCUT2D eigenvalue weighted by Gasteiger charge is 2.25. The van der Waals surface area contributed by atoms with Crippen LogP contribution in [0.3, 0.4) is 0 Å². The van der Waals surface area contributed by atoms with Crippen molar-refractivity contribution in [1.29, 1.82) is 0 Å². The van der Waals surface area contributed by atoms with Crippen LogP contribution in [0.4, 0.5) is 10.1 Å². The second-order valence-electron chi connectivity index (χ2n) is 7.29. The van der Waals surface area contributed by atoms with E-state index in [9.17, 15) is 14.0 Å². The topological polar surface area (TPSA) is 70.7 Å². The van der Waals surface area contributed by atoms with Crippen molar-refractivity contribution in [3.8, 4) is 5.75 Å². The molecule has 1 aliphatic heterocycles. The number of carbonyl (C=O) groups excluding carboxylic acids is 2. The lowest BCUT2D eigenvalue weighted by molar-refractivity contribution is -0.126.